The van der Waals surface area contributed by atoms with Crippen LogP contribution in [0.5, 0.6) is 17.4 Å². The lowest BCUT2D eigenvalue weighted by Gasteiger charge is -2.21. The first-order valence-corrected chi connectivity index (χ1v) is 9.37. The SMILES string of the molecule is COc1cc(CN2CCOc3nccc(-c4ccccc4)c3C2)cc(OC)c1.Cl. The summed E-state index contributed by atoms with van der Waals surface area (Å²) < 4.78 is 16.8. The van der Waals surface area contributed by atoms with Crippen molar-refractivity contribution in [2.75, 3.05) is 27.4 Å². The van der Waals surface area contributed by atoms with Crippen LogP contribution in [0, 0.1) is 0 Å². The van der Waals surface area contributed by atoms with Crippen molar-refractivity contribution in [1.29, 1.82) is 0 Å². The fourth-order valence-corrected chi connectivity index (χ4v) is 3.56. The highest BCUT2D eigenvalue weighted by molar-refractivity contribution is 5.85. The summed E-state index contributed by atoms with van der Waals surface area (Å²) in [6, 6.07) is 18.4. The van der Waals surface area contributed by atoms with Gasteiger partial charge in [-0.05, 0) is 34.9 Å². The number of aromatic nitrogens is 1. The molecule has 0 aliphatic carbocycles. The number of fused-ring (bicyclic) bond motifs is 1. The van der Waals surface area contributed by atoms with Crippen LogP contribution in [0.25, 0.3) is 11.1 Å². The standard InChI is InChI=1S/C23H24N2O3.ClH/c1-26-19-12-17(13-20(14-19)27-2)15-25-10-11-28-23-22(16-25)21(8-9-24-23)18-6-4-3-5-7-18;/h3-9,12-14H,10-11,15-16H2,1-2H3;1H. The van der Waals surface area contributed by atoms with E-state index in [1.807, 2.05) is 18.3 Å². The van der Waals surface area contributed by atoms with E-state index in [0.717, 1.165) is 48.1 Å². The summed E-state index contributed by atoms with van der Waals surface area (Å²) in [5.74, 6) is 2.33. The minimum Gasteiger partial charge on any atom is -0.497 e. The maximum absolute atomic E-state index is 5.97. The van der Waals surface area contributed by atoms with Crippen LogP contribution in [0.1, 0.15) is 11.1 Å². The van der Waals surface area contributed by atoms with E-state index in [1.54, 1.807) is 14.2 Å². The van der Waals surface area contributed by atoms with Gasteiger partial charge in [0.1, 0.15) is 18.1 Å². The molecule has 0 saturated carbocycles. The largest absolute Gasteiger partial charge is 0.497 e. The van der Waals surface area contributed by atoms with Crippen LogP contribution >= 0.6 is 12.4 Å². The van der Waals surface area contributed by atoms with E-state index >= 15 is 0 Å². The van der Waals surface area contributed by atoms with Gasteiger partial charge in [-0.15, -0.1) is 12.4 Å². The van der Waals surface area contributed by atoms with Gasteiger partial charge in [0.2, 0.25) is 5.88 Å². The fourth-order valence-electron chi connectivity index (χ4n) is 3.56. The summed E-state index contributed by atoms with van der Waals surface area (Å²) in [6.07, 6.45) is 1.82. The molecule has 5 nitrogen and oxygen atoms in total. The van der Waals surface area contributed by atoms with Gasteiger partial charge in [0, 0.05) is 37.5 Å². The first kappa shape index (κ1) is 21.0. The Morgan fingerprint density at radius 1 is 1.00 bits per heavy atom. The summed E-state index contributed by atoms with van der Waals surface area (Å²) >= 11 is 0. The van der Waals surface area contributed by atoms with Crippen molar-refractivity contribution < 1.29 is 14.2 Å². The van der Waals surface area contributed by atoms with Crippen molar-refractivity contribution in [2.24, 2.45) is 0 Å². The zero-order valence-corrected chi connectivity index (χ0v) is 17.4. The molecular weight excluding hydrogens is 388 g/mol. The number of hydrogen-bond donors (Lipinski definition) is 0. The van der Waals surface area contributed by atoms with Gasteiger partial charge in [-0.1, -0.05) is 30.3 Å². The van der Waals surface area contributed by atoms with Gasteiger partial charge >= 0.3 is 0 Å². The van der Waals surface area contributed by atoms with E-state index in [1.165, 1.54) is 11.1 Å². The molecule has 0 bridgehead atoms. The van der Waals surface area contributed by atoms with Gasteiger partial charge in [0.15, 0.2) is 0 Å². The van der Waals surface area contributed by atoms with Crippen LogP contribution < -0.4 is 14.2 Å². The molecule has 0 amide bonds. The first-order valence-electron chi connectivity index (χ1n) is 9.37. The topological polar surface area (TPSA) is 43.8 Å². The maximum Gasteiger partial charge on any atom is 0.218 e. The normalized spacial score (nSPS) is 13.4. The number of nitrogens with zero attached hydrogens (tertiary/aromatic N) is 2. The zero-order valence-electron chi connectivity index (χ0n) is 16.6. The summed E-state index contributed by atoms with van der Waals surface area (Å²) in [4.78, 5) is 6.84. The number of hydrogen-bond acceptors (Lipinski definition) is 5. The summed E-state index contributed by atoms with van der Waals surface area (Å²) in [7, 11) is 3.35. The van der Waals surface area contributed by atoms with Crippen LogP contribution in [-0.4, -0.2) is 37.3 Å². The molecule has 0 radical (unpaired) electrons. The van der Waals surface area contributed by atoms with Crippen LogP contribution in [-0.2, 0) is 13.1 Å². The van der Waals surface area contributed by atoms with Crippen molar-refractivity contribution in [3.05, 3.63) is 71.9 Å². The molecule has 0 saturated heterocycles. The Bertz CT molecular complexity index is 928. The quantitative estimate of drug-likeness (QED) is 0.613. The molecule has 2 aromatic carbocycles. The van der Waals surface area contributed by atoms with Gasteiger partial charge in [0.25, 0.3) is 0 Å². The molecule has 0 unspecified atom stereocenters. The molecular formula is C23H25ClN2O3. The predicted octanol–water partition coefficient (Wildman–Crippen LogP) is 4.58. The maximum atomic E-state index is 5.97. The van der Waals surface area contributed by atoms with Crippen molar-refractivity contribution in [3.63, 3.8) is 0 Å². The van der Waals surface area contributed by atoms with E-state index in [4.69, 9.17) is 14.2 Å². The van der Waals surface area contributed by atoms with Gasteiger partial charge in [-0.25, -0.2) is 4.98 Å². The number of methoxy groups -OCH3 is 2. The molecule has 29 heavy (non-hydrogen) atoms. The van der Waals surface area contributed by atoms with Gasteiger partial charge in [0.05, 0.1) is 14.2 Å². The lowest BCUT2D eigenvalue weighted by atomic mass is 10.0. The number of halogens is 1. The van der Waals surface area contributed by atoms with Crippen LogP contribution in [0.15, 0.2) is 60.8 Å². The van der Waals surface area contributed by atoms with Gasteiger partial charge < -0.3 is 14.2 Å². The highest BCUT2D eigenvalue weighted by Gasteiger charge is 2.20. The lowest BCUT2D eigenvalue weighted by Crippen LogP contribution is -2.25. The fraction of sp³-hybridized carbons (Fsp3) is 0.261. The van der Waals surface area contributed by atoms with E-state index in [-0.39, 0.29) is 12.4 Å². The Morgan fingerprint density at radius 3 is 2.41 bits per heavy atom. The Labute approximate surface area is 177 Å². The summed E-state index contributed by atoms with van der Waals surface area (Å²) in [5, 5.41) is 0. The third-order valence-electron chi connectivity index (χ3n) is 4.95. The monoisotopic (exact) mass is 412 g/mol. The second-order valence-electron chi connectivity index (χ2n) is 6.79. The Kier molecular flexibility index (Phi) is 6.96. The highest BCUT2D eigenvalue weighted by Crippen LogP contribution is 2.32. The summed E-state index contributed by atoms with van der Waals surface area (Å²) in [5.41, 5.74) is 4.61. The third kappa shape index (κ3) is 4.81. The molecule has 0 fully saturated rings. The molecule has 0 spiro atoms. The average Bonchev–Trinajstić information content (AvgIpc) is 2.95. The smallest absolute Gasteiger partial charge is 0.218 e. The van der Waals surface area contributed by atoms with Crippen LogP contribution in [0.3, 0.4) is 0 Å². The van der Waals surface area contributed by atoms with E-state index in [2.05, 4.69) is 52.3 Å². The van der Waals surface area contributed by atoms with Gasteiger partial charge in [-0.3, -0.25) is 4.90 Å². The predicted molar refractivity (Wildman–Crippen MR) is 116 cm³/mol. The second-order valence-corrected chi connectivity index (χ2v) is 6.79. The van der Waals surface area contributed by atoms with Crippen LogP contribution in [0.4, 0.5) is 0 Å². The number of pyridine rings is 1. The van der Waals surface area contributed by atoms with Gasteiger partial charge in [-0.2, -0.15) is 0 Å². The van der Waals surface area contributed by atoms with E-state index in [9.17, 15) is 0 Å². The summed E-state index contributed by atoms with van der Waals surface area (Å²) in [6.45, 7) is 2.98. The van der Waals surface area contributed by atoms with Crippen molar-refractivity contribution in [1.82, 2.24) is 9.88 Å². The average molecular weight is 413 g/mol. The third-order valence-corrected chi connectivity index (χ3v) is 4.95. The molecule has 0 N–H and O–H groups in total. The minimum atomic E-state index is 0. The highest BCUT2D eigenvalue weighted by atomic mass is 35.5. The van der Waals surface area contributed by atoms with Crippen molar-refractivity contribution >= 4 is 12.4 Å². The van der Waals surface area contributed by atoms with E-state index < -0.39 is 0 Å². The molecule has 3 aromatic rings. The number of ether oxygens (including phenoxy) is 3. The molecule has 152 valence electrons. The minimum absolute atomic E-state index is 0. The molecule has 2 heterocycles. The molecule has 1 aliphatic rings. The lowest BCUT2D eigenvalue weighted by molar-refractivity contribution is 0.217. The molecule has 1 aliphatic heterocycles. The van der Waals surface area contributed by atoms with Crippen molar-refractivity contribution in [3.8, 4) is 28.5 Å². The molecule has 4 rings (SSSR count). The van der Waals surface area contributed by atoms with Crippen LogP contribution in [0.2, 0.25) is 0 Å². The Hall–Kier alpha value is -2.76. The molecule has 0 atom stereocenters. The number of rotatable bonds is 5. The first-order chi connectivity index (χ1) is 13.8. The molecule has 6 heteroatoms. The van der Waals surface area contributed by atoms with Crippen molar-refractivity contribution in [2.45, 2.75) is 13.1 Å². The Balaban J connectivity index is 0.00000240. The van der Waals surface area contributed by atoms with E-state index in [0.29, 0.717) is 6.61 Å². The number of benzene rings is 2. The molecule has 1 aromatic heterocycles. The Morgan fingerprint density at radius 2 is 1.72 bits per heavy atom. The second kappa shape index (κ2) is 9.63. The zero-order chi connectivity index (χ0) is 19.3.